The van der Waals surface area contributed by atoms with Gasteiger partial charge < -0.3 is 5.32 Å². The van der Waals surface area contributed by atoms with E-state index in [0.717, 1.165) is 10.9 Å². The van der Waals surface area contributed by atoms with Crippen molar-refractivity contribution in [3.05, 3.63) is 24.4 Å². The van der Waals surface area contributed by atoms with Gasteiger partial charge in [0.15, 0.2) is 0 Å². The van der Waals surface area contributed by atoms with Crippen LogP contribution in [0.5, 0.6) is 0 Å². The second-order valence-corrected chi connectivity index (χ2v) is 3.56. The highest BCUT2D eigenvalue weighted by Crippen LogP contribution is 2.20. The summed E-state index contributed by atoms with van der Waals surface area (Å²) in [5.74, 6) is -0.460. The summed E-state index contributed by atoms with van der Waals surface area (Å²) in [6, 6.07) is 5.45. The second-order valence-electron chi connectivity index (χ2n) is 3.56. The molecule has 2 aromatic rings. The maximum Gasteiger partial charge on any atom is 0.231 e. The molecule has 1 heterocycles. The topological polar surface area (TPSA) is 74.8 Å². The maximum absolute atomic E-state index is 11.4. The van der Waals surface area contributed by atoms with Crippen LogP contribution in [0.4, 0.5) is 5.69 Å². The Kier molecular flexibility index (Phi) is 2.68. The van der Waals surface area contributed by atoms with Crippen molar-refractivity contribution in [1.82, 2.24) is 10.2 Å². The fourth-order valence-corrected chi connectivity index (χ4v) is 1.50. The van der Waals surface area contributed by atoms with Crippen molar-refractivity contribution in [3.8, 4) is 0 Å². The molecule has 0 saturated carbocycles. The van der Waals surface area contributed by atoms with Crippen LogP contribution >= 0.6 is 0 Å². The van der Waals surface area contributed by atoms with Gasteiger partial charge in [0.2, 0.25) is 5.91 Å². The van der Waals surface area contributed by atoms with E-state index in [2.05, 4.69) is 15.5 Å². The van der Waals surface area contributed by atoms with Crippen LogP contribution in [0.15, 0.2) is 24.4 Å². The number of H-pyrrole nitrogens is 1. The van der Waals surface area contributed by atoms with Gasteiger partial charge in [0, 0.05) is 5.39 Å². The lowest BCUT2D eigenvalue weighted by molar-refractivity contribution is -0.124. The van der Waals surface area contributed by atoms with E-state index in [1.807, 2.05) is 12.1 Å². The van der Waals surface area contributed by atoms with Crippen molar-refractivity contribution < 1.29 is 9.59 Å². The molecule has 0 unspecified atom stereocenters. The molecular formula is C11H11N3O2. The van der Waals surface area contributed by atoms with Crippen molar-refractivity contribution in [2.24, 2.45) is 0 Å². The zero-order chi connectivity index (χ0) is 11.5. The van der Waals surface area contributed by atoms with Crippen molar-refractivity contribution in [3.63, 3.8) is 0 Å². The molecule has 0 saturated heterocycles. The van der Waals surface area contributed by atoms with Crippen LogP contribution in [0, 0.1) is 0 Å². The summed E-state index contributed by atoms with van der Waals surface area (Å²) in [4.78, 5) is 22.2. The number of nitrogens with zero attached hydrogens (tertiary/aromatic N) is 1. The van der Waals surface area contributed by atoms with Crippen LogP contribution in [0.3, 0.4) is 0 Å². The number of rotatable bonds is 3. The zero-order valence-corrected chi connectivity index (χ0v) is 8.78. The van der Waals surface area contributed by atoms with Crippen molar-refractivity contribution in [1.29, 1.82) is 0 Å². The summed E-state index contributed by atoms with van der Waals surface area (Å²) in [6.45, 7) is 1.39. The smallest absolute Gasteiger partial charge is 0.231 e. The molecular weight excluding hydrogens is 206 g/mol. The highest BCUT2D eigenvalue weighted by atomic mass is 16.2. The van der Waals surface area contributed by atoms with E-state index in [-0.39, 0.29) is 18.1 Å². The summed E-state index contributed by atoms with van der Waals surface area (Å²) in [7, 11) is 0. The van der Waals surface area contributed by atoms with Gasteiger partial charge in [0.1, 0.15) is 5.78 Å². The normalized spacial score (nSPS) is 10.3. The molecule has 0 radical (unpaired) electrons. The van der Waals surface area contributed by atoms with E-state index < -0.39 is 0 Å². The van der Waals surface area contributed by atoms with Crippen molar-refractivity contribution in [2.45, 2.75) is 13.3 Å². The molecule has 0 spiro atoms. The number of carbonyl (C=O) groups excluding carboxylic acids is 2. The maximum atomic E-state index is 11.4. The monoisotopic (exact) mass is 217 g/mol. The number of aromatic nitrogens is 2. The van der Waals surface area contributed by atoms with Crippen LogP contribution in [0.25, 0.3) is 10.9 Å². The first-order valence-electron chi connectivity index (χ1n) is 4.88. The predicted octanol–water partition coefficient (Wildman–Crippen LogP) is 1.48. The fraction of sp³-hybridized carbons (Fsp3) is 0.182. The molecule has 0 aliphatic carbocycles. The third-order valence-electron chi connectivity index (χ3n) is 2.17. The van der Waals surface area contributed by atoms with Crippen molar-refractivity contribution in [2.75, 3.05) is 5.32 Å². The minimum absolute atomic E-state index is 0.103. The lowest BCUT2D eigenvalue weighted by Gasteiger charge is -2.04. The lowest BCUT2D eigenvalue weighted by atomic mass is 10.2. The Bertz CT molecular complexity index is 545. The number of benzene rings is 1. The number of ketones is 1. The number of hydrogen-bond donors (Lipinski definition) is 2. The van der Waals surface area contributed by atoms with Crippen LogP contribution in [0.2, 0.25) is 0 Å². The molecule has 0 bridgehead atoms. The van der Waals surface area contributed by atoms with Crippen LogP contribution in [-0.4, -0.2) is 21.9 Å². The number of Topliss-reactive ketones (excluding diaryl/α,β-unsaturated/α-hetero) is 1. The number of aromatic amines is 1. The van der Waals surface area contributed by atoms with Gasteiger partial charge in [0.25, 0.3) is 0 Å². The zero-order valence-electron chi connectivity index (χ0n) is 8.78. The molecule has 5 heteroatoms. The molecule has 0 aliphatic rings. The molecule has 2 rings (SSSR count). The van der Waals surface area contributed by atoms with E-state index in [1.54, 1.807) is 12.3 Å². The molecule has 0 atom stereocenters. The van der Waals surface area contributed by atoms with Gasteiger partial charge in [-0.05, 0) is 19.1 Å². The molecule has 1 amide bonds. The molecule has 0 fully saturated rings. The fourth-order valence-electron chi connectivity index (χ4n) is 1.50. The minimum atomic E-state index is -0.304. The summed E-state index contributed by atoms with van der Waals surface area (Å²) in [5, 5.41) is 10.2. The number of carbonyl (C=O) groups is 2. The molecule has 82 valence electrons. The summed E-state index contributed by atoms with van der Waals surface area (Å²) in [6.07, 6.45) is 1.53. The van der Waals surface area contributed by atoms with Gasteiger partial charge in [-0.3, -0.25) is 14.7 Å². The standard InChI is InChI=1S/C11H11N3O2/c1-7(15)5-11(16)13-9-3-2-4-10-8(9)6-12-14-10/h2-4,6H,5H2,1H3,(H,12,14)(H,13,16). The van der Waals surface area contributed by atoms with Crippen molar-refractivity contribution >= 4 is 28.3 Å². The van der Waals surface area contributed by atoms with Crippen LogP contribution < -0.4 is 5.32 Å². The van der Waals surface area contributed by atoms with E-state index >= 15 is 0 Å². The third kappa shape index (κ3) is 2.08. The number of nitrogens with one attached hydrogen (secondary N) is 2. The predicted molar refractivity (Wildman–Crippen MR) is 60.0 cm³/mol. The minimum Gasteiger partial charge on any atom is -0.325 e. The molecule has 5 nitrogen and oxygen atoms in total. The molecule has 1 aromatic heterocycles. The van der Waals surface area contributed by atoms with E-state index in [4.69, 9.17) is 0 Å². The first kappa shape index (κ1) is 10.4. The average Bonchev–Trinajstić information content (AvgIpc) is 2.65. The number of amides is 1. The largest absolute Gasteiger partial charge is 0.325 e. The molecule has 16 heavy (non-hydrogen) atoms. The van der Waals surface area contributed by atoms with E-state index in [9.17, 15) is 9.59 Å². The summed E-state index contributed by atoms with van der Waals surface area (Å²) < 4.78 is 0. The Hall–Kier alpha value is -2.17. The SMILES string of the molecule is CC(=O)CC(=O)Nc1cccc2[nH]ncc12. The molecule has 0 aliphatic heterocycles. The number of anilines is 1. The Morgan fingerprint density at radius 3 is 3.00 bits per heavy atom. The second kappa shape index (κ2) is 4.14. The summed E-state index contributed by atoms with van der Waals surface area (Å²) in [5.41, 5.74) is 1.51. The van der Waals surface area contributed by atoms with Gasteiger partial charge in [0.05, 0.1) is 23.8 Å². The highest BCUT2D eigenvalue weighted by Gasteiger charge is 2.08. The first-order valence-corrected chi connectivity index (χ1v) is 4.88. The summed E-state index contributed by atoms with van der Waals surface area (Å²) >= 11 is 0. The number of hydrogen-bond acceptors (Lipinski definition) is 3. The highest BCUT2D eigenvalue weighted by molar-refractivity contribution is 6.07. The van der Waals surface area contributed by atoms with Crippen LogP contribution in [-0.2, 0) is 9.59 Å². The van der Waals surface area contributed by atoms with Crippen LogP contribution in [0.1, 0.15) is 13.3 Å². The Labute approximate surface area is 91.8 Å². The lowest BCUT2D eigenvalue weighted by Crippen LogP contribution is -2.14. The van der Waals surface area contributed by atoms with Gasteiger partial charge in [-0.2, -0.15) is 5.10 Å². The van der Waals surface area contributed by atoms with Gasteiger partial charge in [-0.1, -0.05) is 6.07 Å². The Balaban J connectivity index is 2.24. The first-order chi connectivity index (χ1) is 7.66. The van der Waals surface area contributed by atoms with Gasteiger partial charge >= 0.3 is 0 Å². The van der Waals surface area contributed by atoms with Gasteiger partial charge in [-0.15, -0.1) is 0 Å². The quantitative estimate of drug-likeness (QED) is 0.764. The van der Waals surface area contributed by atoms with E-state index in [0.29, 0.717) is 5.69 Å². The Morgan fingerprint density at radius 2 is 2.25 bits per heavy atom. The Morgan fingerprint density at radius 1 is 1.44 bits per heavy atom. The van der Waals surface area contributed by atoms with Gasteiger partial charge in [-0.25, -0.2) is 0 Å². The van der Waals surface area contributed by atoms with E-state index in [1.165, 1.54) is 6.92 Å². The molecule has 2 N–H and O–H groups in total. The average molecular weight is 217 g/mol. The molecule has 1 aromatic carbocycles. The number of fused-ring (bicyclic) bond motifs is 1. The third-order valence-corrected chi connectivity index (χ3v) is 2.17.